The second-order valence-corrected chi connectivity index (χ2v) is 8.68. The largest absolute Gasteiger partial charge is 0.363 e. The smallest absolute Gasteiger partial charge is 0.229 e. The van der Waals surface area contributed by atoms with E-state index in [9.17, 15) is 8.42 Å². The molecular formula is C19H19N5O2S2. The van der Waals surface area contributed by atoms with Gasteiger partial charge in [-0.3, -0.25) is 9.71 Å². The molecule has 28 heavy (non-hydrogen) atoms. The molecule has 144 valence electrons. The van der Waals surface area contributed by atoms with Gasteiger partial charge >= 0.3 is 0 Å². The molecule has 1 saturated heterocycles. The number of benzene rings is 1. The van der Waals surface area contributed by atoms with Gasteiger partial charge in [0.1, 0.15) is 6.04 Å². The first-order valence-corrected chi connectivity index (χ1v) is 10.9. The SMILES string of the molecule is CS(=O)(=O)Nc1ccc(N2C(=S)N[C@H](c3ccccn3)[C@H]2c2ccc[nH]2)cc1. The standard InChI is InChI=1S/C19H19N5O2S2/c1-28(25,26)23-13-7-9-14(10-8-13)24-18(16-6-4-12-21-16)17(22-19(24)27)15-5-2-3-11-20-15/h2-12,17-18,21,23H,1H3,(H,22,27)/t17-,18-/m1/s1. The van der Waals surface area contributed by atoms with Gasteiger partial charge in [-0.15, -0.1) is 0 Å². The van der Waals surface area contributed by atoms with Crippen molar-refractivity contribution >= 4 is 38.7 Å². The first-order chi connectivity index (χ1) is 13.4. The second-order valence-electron chi connectivity index (χ2n) is 6.54. The van der Waals surface area contributed by atoms with Crippen LogP contribution in [0.4, 0.5) is 11.4 Å². The summed E-state index contributed by atoms with van der Waals surface area (Å²) in [5, 5.41) is 3.96. The van der Waals surface area contributed by atoms with Crippen LogP contribution in [0.15, 0.2) is 67.0 Å². The first kappa shape index (κ1) is 18.5. The van der Waals surface area contributed by atoms with E-state index in [2.05, 4.69) is 20.0 Å². The van der Waals surface area contributed by atoms with Crippen molar-refractivity contribution in [1.82, 2.24) is 15.3 Å². The van der Waals surface area contributed by atoms with Crippen molar-refractivity contribution in [1.29, 1.82) is 0 Å². The summed E-state index contributed by atoms with van der Waals surface area (Å²) in [5.74, 6) is 0. The molecule has 9 heteroatoms. The highest BCUT2D eigenvalue weighted by Crippen LogP contribution is 2.40. The third kappa shape index (κ3) is 3.71. The van der Waals surface area contributed by atoms with Crippen molar-refractivity contribution in [3.63, 3.8) is 0 Å². The number of pyridine rings is 1. The van der Waals surface area contributed by atoms with Crippen molar-refractivity contribution in [3.05, 3.63) is 78.4 Å². The lowest BCUT2D eigenvalue weighted by Crippen LogP contribution is -2.29. The monoisotopic (exact) mass is 413 g/mol. The van der Waals surface area contributed by atoms with E-state index < -0.39 is 10.0 Å². The number of anilines is 2. The minimum Gasteiger partial charge on any atom is -0.363 e. The molecule has 0 spiro atoms. The van der Waals surface area contributed by atoms with Gasteiger partial charge in [-0.25, -0.2) is 8.42 Å². The number of rotatable bonds is 5. The van der Waals surface area contributed by atoms with Crippen molar-refractivity contribution in [3.8, 4) is 0 Å². The zero-order valence-electron chi connectivity index (χ0n) is 15.0. The number of H-pyrrole nitrogens is 1. The van der Waals surface area contributed by atoms with E-state index in [1.807, 2.05) is 53.6 Å². The van der Waals surface area contributed by atoms with Crippen LogP contribution in [0, 0.1) is 0 Å². The van der Waals surface area contributed by atoms with Crippen LogP contribution in [0.25, 0.3) is 0 Å². The number of nitrogens with one attached hydrogen (secondary N) is 3. The van der Waals surface area contributed by atoms with E-state index in [0.29, 0.717) is 10.8 Å². The molecule has 2 atom stereocenters. The van der Waals surface area contributed by atoms with E-state index in [1.165, 1.54) is 0 Å². The predicted octanol–water partition coefficient (Wildman–Crippen LogP) is 2.96. The topological polar surface area (TPSA) is 90.1 Å². The number of aromatic amines is 1. The Hall–Kier alpha value is -2.91. The molecule has 1 fully saturated rings. The molecular weight excluding hydrogens is 394 g/mol. The normalized spacial score (nSPS) is 19.5. The van der Waals surface area contributed by atoms with Gasteiger partial charge < -0.3 is 15.2 Å². The number of aromatic nitrogens is 2. The van der Waals surface area contributed by atoms with Crippen LogP contribution in [0.2, 0.25) is 0 Å². The molecule has 0 bridgehead atoms. The zero-order chi connectivity index (χ0) is 19.7. The van der Waals surface area contributed by atoms with Crippen molar-refractivity contribution in [2.24, 2.45) is 0 Å². The number of hydrogen-bond donors (Lipinski definition) is 3. The quantitative estimate of drug-likeness (QED) is 0.557. The molecule has 2 aromatic heterocycles. The van der Waals surface area contributed by atoms with E-state index in [1.54, 1.807) is 18.3 Å². The summed E-state index contributed by atoms with van der Waals surface area (Å²) >= 11 is 5.63. The summed E-state index contributed by atoms with van der Waals surface area (Å²) in [6, 6.07) is 16.7. The average molecular weight is 414 g/mol. The maximum atomic E-state index is 11.4. The number of nitrogens with zero attached hydrogens (tertiary/aromatic N) is 2. The zero-order valence-corrected chi connectivity index (χ0v) is 16.7. The highest BCUT2D eigenvalue weighted by molar-refractivity contribution is 7.92. The number of hydrogen-bond acceptors (Lipinski definition) is 4. The summed E-state index contributed by atoms with van der Waals surface area (Å²) in [5.41, 5.74) is 3.25. The first-order valence-electron chi connectivity index (χ1n) is 8.64. The van der Waals surface area contributed by atoms with Crippen LogP contribution in [0.1, 0.15) is 23.5 Å². The Morgan fingerprint density at radius 1 is 1.11 bits per heavy atom. The summed E-state index contributed by atoms with van der Waals surface area (Å²) in [6.45, 7) is 0. The molecule has 0 radical (unpaired) electrons. The van der Waals surface area contributed by atoms with E-state index in [-0.39, 0.29) is 12.1 Å². The lowest BCUT2D eigenvalue weighted by Gasteiger charge is -2.27. The summed E-state index contributed by atoms with van der Waals surface area (Å²) < 4.78 is 25.3. The Morgan fingerprint density at radius 3 is 2.50 bits per heavy atom. The predicted molar refractivity (Wildman–Crippen MR) is 114 cm³/mol. The van der Waals surface area contributed by atoms with Crippen molar-refractivity contribution in [2.45, 2.75) is 12.1 Å². The molecule has 3 N–H and O–H groups in total. The van der Waals surface area contributed by atoms with Gasteiger partial charge in [0.25, 0.3) is 0 Å². The fourth-order valence-corrected chi connectivity index (χ4v) is 4.29. The van der Waals surface area contributed by atoms with Crippen LogP contribution in [0.3, 0.4) is 0 Å². The van der Waals surface area contributed by atoms with Gasteiger partial charge in [-0.1, -0.05) is 6.07 Å². The van der Waals surface area contributed by atoms with Crippen LogP contribution < -0.4 is 14.9 Å². The molecule has 0 aliphatic carbocycles. The Balaban J connectivity index is 1.71. The van der Waals surface area contributed by atoms with Crippen LogP contribution in [0.5, 0.6) is 0 Å². The lowest BCUT2D eigenvalue weighted by molar-refractivity contribution is 0.558. The Bertz CT molecular complexity index is 1070. The van der Waals surface area contributed by atoms with E-state index in [4.69, 9.17) is 12.2 Å². The molecule has 1 aliphatic heterocycles. The lowest BCUT2D eigenvalue weighted by atomic mass is 10.0. The molecule has 0 unspecified atom stereocenters. The van der Waals surface area contributed by atoms with E-state index >= 15 is 0 Å². The molecule has 0 amide bonds. The third-order valence-corrected chi connectivity index (χ3v) is 5.41. The molecule has 1 aliphatic rings. The highest BCUT2D eigenvalue weighted by Gasteiger charge is 2.41. The minimum absolute atomic E-state index is 0.119. The molecule has 4 rings (SSSR count). The molecule has 0 saturated carbocycles. The Labute approximate surface area is 168 Å². The van der Waals surface area contributed by atoms with Gasteiger partial charge in [0.15, 0.2) is 5.11 Å². The number of sulfonamides is 1. The third-order valence-electron chi connectivity index (χ3n) is 4.49. The Morgan fingerprint density at radius 2 is 1.89 bits per heavy atom. The fraction of sp³-hybridized carbons (Fsp3) is 0.158. The summed E-state index contributed by atoms with van der Waals surface area (Å²) in [6.07, 6.45) is 4.77. The van der Waals surface area contributed by atoms with Gasteiger partial charge in [-0.2, -0.15) is 0 Å². The van der Waals surface area contributed by atoms with Crippen LogP contribution in [-0.2, 0) is 10.0 Å². The van der Waals surface area contributed by atoms with Gasteiger partial charge in [0.05, 0.1) is 18.0 Å². The van der Waals surface area contributed by atoms with E-state index in [0.717, 1.165) is 23.3 Å². The Kier molecular flexibility index (Phi) is 4.78. The minimum atomic E-state index is -3.33. The summed E-state index contributed by atoms with van der Waals surface area (Å²) in [7, 11) is -3.33. The fourth-order valence-electron chi connectivity index (χ4n) is 3.38. The van der Waals surface area contributed by atoms with Crippen molar-refractivity contribution < 1.29 is 8.42 Å². The number of thiocarbonyl (C=S) groups is 1. The maximum absolute atomic E-state index is 11.4. The van der Waals surface area contributed by atoms with Gasteiger partial charge in [-0.05, 0) is 60.7 Å². The molecule has 3 heterocycles. The van der Waals surface area contributed by atoms with Gasteiger partial charge in [0, 0.05) is 29.5 Å². The van der Waals surface area contributed by atoms with Gasteiger partial charge in [0.2, 0.25) is 10.0 Å². The summed E-state index contributed by atoms with van der Waals surface area (Å²) in [4.78, 5) is 9.80. The highest BCUT2D eigenvalue weighted by atomic mass is 32.2. The average Bonchev–Trinajstić information content (AvgIpc) is 3.29. The molecule has 7 nitrogen and oxygen atoms in total. The van der Waals surface area contributed by atoms with Crippen molar-refractivity contribution in [2.75, 3.05) is 15.9 Å². The van der Waals surface area contributed by atoms with Crippen LogP contribution in [-0.4, -0.2) is 29.8 Å². The maximum Gasteiger partial charge on any atom is 0.229 e. The molecule has 1 aromatic carbocycles. The second kappa shape index (κ2) is 7.25. The molecule has 3 aromatic rings. The van der Waals surface area contributed by atoms with Crippen LogP contribution >= 0.6 is 12.2 Å².